The van der Waals surface area contributed by atoms with Gasteiger partial charge in [-0.15, -0.1) is 0 Å². The number of hydrogen-bond donors (Lipinski definition) is 2. The molecule has 5 rings (SSSR count). The van der Waals surface area contributed by atoms with Gasteiger partial charge < -0.3 is 9.84 Å². The molecule has 1 aromatic carbocycles. The van der Waals surface area contributed by atoms with Crippen LogP contribution in [0.25, 0.3) is 28.1 Å². The third kappa shape index (κ3) is 3.18. The monoisotopic (exact) mass is 424 g/mol. The van der Waals surface area contributed by atoms with Crippen LogP contribution in [0.5, 0.6) is 0 Å². The minimum Gasteiger partial charge on any atom is -0.363 e. The molecule has 4 aromatic heterocycles. The van der Waals surface area contributed by atoms with Gasteiger partial charge in [-0.1, -0.05) is 5.16 Å². The second-order valence-corrected chi connectivity index (χ2v) is 7.13. The second-order valence-electron chi connectivity index (χ2n) is 7.13. The van der Waals surface area contributed by atoms with E-state index in [-0.39, 0.29) is 11.5 Å². The predicted octanol–water partition coefficient (Wildman–Crippen LogP) is 3.92. The summed E-state index contributed by atoms with van der Waals surface area (Å²) < 4.78 is 6.66. The first-order chi connectivity index (χ1) is 15.5. The molecule has 0 aliphatic carbocycles. The highest BCUT2D eigenvalue weighted by Crippen LogP contribution is 2.30. The summed E-state index contributed by atoms with van der Waals surface area (Å²) in [4.78, 5) is 21.5. The number of Topliss-reactive ketones (excluding diaryl/α,β-unsaturated/α-hetero) is 1. The Balaban J connectivity index is 1.61. The van der Waals surface area contributed by atoms with Crippen molar-refractivity contribution in [3.8, 4) is 23.1 Å². The summed E-state index contributed by atoms with van der Waals surface area (Å²) in [6.45, 7) is 3.26. The van der Waals surface area contributed by atoms with E-state index in [1.54, 1.807) is 31.5 Å². The third-order valence-electron chi connectivity index (χ3n) is 5.05. The lowest BCUT2D eigenvalue weighted by molar-refractivity contribution is 0.101. The van der Waals surface area contributed by atoms with Crippen molar-refractivity contribution in [1.29, 1.82) is 5.26 Å². The normalized spacial score (nSPS) is 10.9. The maximum atomic E-state index is 12.3. The summed E-state index contributed by atoms with van der Waals surface area (Å²) in [5.74, 6) is 1.01. The van der Waals surface area contributed by atoms with Crippen molar-refractivity contribution in [2.24, 2.45) is 0 Å². The number of rotatable bonds is 5. The van der Waals surface area contributed by atoms with Gasteiger partial charge in [0.1, 0.15) is 24.5 Å². The quantitative estimate of drug-likeness (QED) is 0.405. The number of hydrogen-bond acceptors (Lipinski definition) is 8. The van der Waals surface area contributed by atoms with Crippen molar-refractivity contribution in [3.63, 3.8) is 0 Å². The van der Waals surface area contributed by atoms with Crippen molar-refractivity contribution < 1.29 is 9.32 Å². The predicted molar refractivity (Wildman–Crippen MR) is 116 cm³/mol. The van der Waals surface area contributed by atoms with E-state index in [2.05, 4.69) is 31.7 Å². The van der Waals surface area contributed by atoms with Gasteiger partial charge in [-0.2, -0.15) is 10.4 Å². The number of aromatic amines is 1. The van der Waals surface area contributed by atoms with Crippen LogP contribution in [-0.4, -0.2) is 35.7 Å². The lowest BCUT2D eigenvalue weighted by atomic mass is 10.0. The number of carbonyl (C=O) groups is 1. The average Bonchev–Trinajstić information content (AvgIpc) is 3.53. The first kappa shape index (κ1) is 19.2. The third-order valence-corrected chi connectivity index (χ3v) is 5.05. The Bertz CT molecular complexity index is 1510. The summed E-state index contributed by atoms with van der Waals surface area (Å²) in [5.41, 5.74) is 4.57. The number of imidazole rings is 1. The Kier molecular flexibility index (Phi) is 4.49. The minimum atomic E-state index is -0.150. The first-order valence-corrected chi connectivity index (χ1v) is 9.67. The van der Waals surface area contributed by atoms with Gasteiger partial charge in [0.25, 0.3) is 0 Å². The van der Waals surface area contributed by atoms with Crippen molar-refractivity contribution in [1.82, 2.24) is 29.9 Å². The Labute approximate surface area is 181 Å². The van der Waals surface area contributed by atoms with Gasteiger partial charge in [-0.05, 0) is 44.2 Å². The van der Waals surface area contributed by atoms with Crippen molar-refractivity contribution in [2.75, 3.05) is 5.32 Å². The molecule has 0 radical (unpaired) electrons. The topological polar surface area (TPSA) is 138 Å². The van der Waals surface area contributed by atoms with E-state index in [1.807, 2.05) is 22.8 Å². The molecule has 0 atom stereocenters. The highest BCUT2D eigenvalue weighted by molar-refractivity contribution is 6.00. The fourth-order valence-electron chi connectivity index (χ4n) is 3.56. The lowest BCUT2D eigenvalue weighted by Gasteiger charge is -2.10. The number of nitrogens with zero attached hydrogens (tertiary/aromatic N) is 6. The zero-order valence-electron chi connectivity index (χ0n) is 17.1. The number of nitriles is 1. The van der Waals surface area contributed by atoms with Gasteiger partial charge in [0, 0.05) is 23.0 Å². The van der Waals surface area contributed by atoms with Crippen LogP contribution in [0.4, 0.5) is 11.5 Å². The van der Waals surface area contributed by atoms with Crippen molar-refractivity contribution in [3.05, 3.63) is 65.9 Å². The van der Waals surface area contributed by atoms with Crippen LogP contribution in [0, 0.1) is 18.3 Å². The van der Waals surface area contributed by atoms with Gasteiger partial charge in [-0.25, -0.2) is 9.97 Å². The van der Waals surface area contributed by atoms with E-state index in [0.717, 1.165) is 16.7 Å². The molecule has 0 aliphatic rings. The number of fused-ring (bicyclic) bond motifs is 1. The van der Waals surface area contributed by atoms with Crippen LogP contribution >= 0.6 is 0 Å². The smallest absolute Gasteiger partial charge is 0.173 e. The largest absolute Gasteiger partial charge is 0.363 e. The molecule has 0 aliphatic heterocycles. The van der Waals surface area contributed by atoms with Crippen LogP contribution < -0.4 is 5.32 Å². The molecular weight excluding hydrogens is 408 g/mol. The maximum absolute atomic E-state index is 12.3. The number of aromatic nitrogens is 6. The molecule has 0 saturated carbocycles. The Morgan fingerprint density at radius 2 is 2.12 bits per heavy atom. The molecule has 0 bridgehead atoms. The fourth-order valence-corrected chi connectivity index (χ4v) is 3.56. The summed E-state index contributed by atoms with van der Waals surface area (Å²) in [6, 6.07) is 12.9. The van der Waals surface area contributed by atoms with E-state index >= 15 is 0 Å². The van der Waals surface area contributed by atoms with E-state index in [9.17, 15) is 10.1 Å². The molecule has 0 fully saturated rings. The summed E-state index contributed by atoms with van der Waals surface area (Å²) in [5, 5.41) is 23.3. The van der Waals surface area contributed by atoms with E-state index in [1.165, 1.54) is 13.2 Å². The molecule has 0 unspecified atom stereocenters. The Morgan fingerprint density at radius 3 is 2.88 bits per heavy atom. The molecule has 0 amide bonds. The SMILES string of the molecule is CC(=O)c1ccc(-n2cnc3cc(Nc4ccon4)ccc32)nc1-c1c(C#N)n[nH]c1C. The number of ketones is 1. The standard InChI is InChI=1S/C22H16N8O2/c1-12-21(17(10-23)28-27-12)22-15(13(2)31)4-6-20(26-22)30-11-24-16-9-14(3-5-18(16)30)25-19-7-8-32-29-19/h3-9,11H,1-2H3,(H,25,29)(H,27,28). The molecule has 32 heavy (non-hydrogen) atoms. The number of benzene rings is 1. The van der Waals surface area contributed by atoms with Gasteiger partial charge >= 0.3 is 0 Å². The number of carbonyl (C=O) groups excluding carboxylic acids is 1. The summed E-state index contributed by atoms with van der Waals surface area (Å²) in [7, 11) is 0. The van der Waals surface area contributed by atoms with Crippen molar-refractivity contribution in [2.45, 2.75) is 13.8 Å². The van der Waals surface area contributed by atoms with Crippen LogP contribution in [0.1, 0.15) is 28.7 Å². The first-order valence-electron chi connectivity index (χ1n) is 9.67. The minimum absolute atomic E-state index is 0.150. The number of aryl methyl sites for hydroxylation is 1. The molecule has 5 aromatic rings. The zero-order valence-corrected chi connectivity index (χ0v) is 17.1. The molecular formula is C22H16N8O2. The number of H-pyrrole nitrogens is 1. The van der Waals surface area contributed by atoms with Gasteiger partial charge in [-0.3, -0.25) is 14.5 Å². The maximum Gasteiger partial charge on any atom is 0.173 e. The van der Waals surface area contributed by atoms with Gasteiger partial charge in [0.05, 0.1) is 22.3 Å². The van der Waals surface area contributed by atoms with E-state index < -0.39 is 0 Å². The highest BCUT2D eigenvalue weighted by Gasteiger charge is 2.21. The van der Waals surface area contributed by atoms with E-state index in [4.69, 9.17) is 9.51 Å². The highest BCUT2D eigenvalue weighted by atomic mass is 16.5. The van der Waals surface area contributed by atoms with Crippen LogP contribution in [0.2, 0.25) is 0 Å². The second kappa shape index (κ2) is 7.48. The molecule has 10 heteroatoms. The van der Waals surface area contributed by atoms with Crippen molar-refractivity contribution >= 4 is 28.3 Å². The molecule has 2 N–H and O–H groups in total. The average molecular weight is 424 g/mol. The molecule has 10 nitrogen and oxygen atoms in total. The number of nitrogens with one attached hydrogen (secondary N) is 2. The lowest BCUT2D eigenvalue weighted by Crippen LogP contribution is -2.04. The Morgan fingerprint density at radius 1 is 1.25 bits per heavy atom. The molecule has 0 spiro atoms. The summed E-state index contributed by atoms with van der Waals surface area (Å²) >= 11 is 0. The van der Waals surface area contributed by atoms with Gasteiger partial charge in [0.2, 0.25) is 0 Å². The molecule has 4 heterocycles. The van der Waals surface area contributed by atoms with Crippen LogP contribution in [0.3, 0.4) is 0 Å². The van der Waals surface area contributed by atoms with Gasteiger partial charge in [0.15, 0.2) is 17.3 Å². The fraction of sp³-hybridized carbons (Fsp3) is 0.0909. The van der Waals surface area contributed by atoms with Crippen LogP contribution in [-0.2, 0) is 0 Å². The zero-order chi connectivity index (χ0) is 22.2. The Hall–Kier alpha value is -4.78. The summed E-state index contributed by atoms with van der Waals surface area (Å²) in [6.07, 6.45) is 3.15. The number of anilines is 2. The van der Waals surface area contributed by atoms with E-state index in [0.29, 0.717) is 34.2 Å². The molecule has 156 valence electrons. The number of pyridine rings is 1. The molecule has 0 saturated heterocycles. The van der Waals surface area contributed by atoms with Crippen LogP contribution in [0.15, 0.2) is 53.5 Å².